The Morgan fingerprint density at radius 1 is 0.767 bits per heavy atom. The molecular formula is C23H17N5O2. The van der Waals surface area contributed by atoms with Crippen molar-refractivity contribution in [3.63, 3.8) is 0 Å². The van der Waals surface area contributed by atoms with E-state index in [1.807, 2.05) is 24.3 Å². The summed E-state index contributed by atoms with van der Waals surface area (Å²) < 4.78 is 10.3. The summed E-state index contributed by atoms with van der Waals surface area (Å²) in [6, 6.07) is 20.6. The summed E-state index contributed by atoms with van der Waals surface area (Å²) in [6.07, 6.45) is 1.54. The minimum atomic E-state index is -2.03. The van der Waals surface area contributed by atoms with Crippen molar-refractivity contribution >= 4 is 5.57 Å². The highest BCUT2D eigenvalue weighted by atomic mass is 16.5. The highest BCUT2D eigenvalue weighted by Crippen LogP contribution is 2.56. The lowest BCUT2D eigenvalue weighted by Gasteiger charge is -2.43. The summed E-state index contributed by atoms with van der Waals surface area (Å²) >= 11 is 0. The van der Waals surface area contributed by atoms with E-state index < -0.39 is 16.9 Å². The molecule has 0 bridgehead atoms. The fourth-order valence-corrected chi connectivity index (χ4v) is 3.69. The summed E-state index contributed by atoms with van der Waals surface area (Å²) in [5.41, 5.74) is -2.66. The fourth-order valence-electron chi connectivity index (χ4n) is 3.69. The Kier molecular flexibility index (Phi) is 5.33. The molecule has 0 saturated heterocycles. The zero-order chi connectivity index (χ0) is 21.8. The summed E-state index contributed by atoms with van der Waals surface area (Å²) in [6.45, 7) is 0. The van der Waals surface area contributed by atoms with Crippen molar-refractivity contribution in [3.8, 4) is 35.8 Å². The third-order valence-corrected chi connectivity index (χ3v) is 5.36. The number of nitrogens with zero attached hydrogens (tertiary/aromatic N) is 4. The van der Waals surface area contributed by atoms with E-state index in [0.717, 1.165) is 0 Å². The highest BCUT2D eigenvalue weighted by Gasteiger charge is 2.63. The number of allylic oxidation sites excluding steroid dienone is 1. The highest BCUT2D eigenvalue weighted by molar-refractivity contribution is 5.80. The second-order valence-electron chi connectivity index (χ2n) is 6.66. The maximum atomic E-state index is 10.1. The maximum Gasteiger partial charge on any atom is 0.204 e. The van der Waals surface area contributed by atoms with Crippen LogP contribution in [0.2, 0.25) is 0 Å². The lowest BCUT2D eigenvalue weighted by molar-refractivity contribution is 0.268. The first kappa shape index (κ1) is 20.3. The summed E-state index contributed by atoms with van der Waals surface area (Å²) in [5, 5.41) is 43.6. The molecule has 0 fully saturated rings. The quantitative estimate of drug-likeness (QED) is 0.840. The van der Waals surface area contributed by atoms with Gasteiger partial charge < -0.3 is 14.8 Å². The number of ether oxygens (including phenoxy) is 2. The SMILES string of the molecule is COc1ccc(C2=CNC(c3ccc(OC)cc3)C(C#N)(C#N)C2(C#N)C#N)cc1. The van der Waals surface area contributed by atoms with Crippen molar-refractivity contribution in [2.75, 3.05) is 14.2 Å². The van der Waals surface area contributed by atoms with Crippen LogP contribution in [0.15, 0.2) is 54.7 Å². The Labute approximate surface area is 174 Å². The monoisotopic (exact) mass is 395 g/mol. The fraction of sp³-hybridized carbons (Fsp3) is 0.217. The van der Waals surface area contributed by atoms with Gasteiger partial charge in [0.25, 0.3) is 0 Å². The van der Waals surface area contributed by atoms with Gasteiger partial charge in [0.05, 0.1) is 44.5 Å². The molecule has 2 aromatic rings. The van der Waals surface area contributed by atoms with Gasteiger partial charge >= 0.3 is 0 Å². The van der Waals surface area contributed by atoms with Crippen LogP contribution in [0.1, 0.15) is 17.2 Å². The first-order valence-electron chi connectivity index (χ1n) is 8.96. The second kappa shape index (κ2) is 7.88. The predicted molar refractivity (Wildman–Crippen MR) is 107 cm³/mol. The van der Waals surface area contributed by atoms with E-state index in [0.29, 0.717) is 22.6 Å². The van der Waals surface area contributed by atoms with Crippen LogP contribution < -0.4 is 14.8 Å². The van der Waals surface area contributed by atoms with E-state index >= 15 is 0 Å². The van der Waals surface area contributed by atoms with E-state index in [1.165, 1.54) is 20.4 Å². The topological polar surface area (TPSA) is 126 Å². The van der Waals surface area contributed by atoms with Crippen molar-refractivity contribution in [3.05, 3.63) is 65.9 Å². The molecule has 2 aromatic carbocycles. The molecule has 0 aliphatic carbocycles. The van der Waals surface area contributed by atoms with Gasteiger partial charge in [0, 0.05) is 11.8 Å². The standard InChI is InChI=1S/C23H17N5O2/c1-29-18-7-3-16(4-8-18)20-11-28-21(17-5-9-19(30-2)10-6-17)23(14-26,15-27)22(20,12-24)13-25/h3-11,21,28H,1-2H3. The maximum absolute atomic E-state index is 10.1. The van der Waals surface area contributed by atoms with Crippen LogP contribution >= 0.6 is 0 Å². The number of benzene rings is 2. The molecule has 1 aliphatic heterocycles. The van der Waals surface area contributed by atoms with Gasteiger partial charge in [-0.3, -0.25) is 0 Å². The molecule has 0 amide bonds. The first-order chi connectivity index (χ1) is 14.5. The summed E-state index contributed by atoms with van der Waals surface area (Å²) in [4.78, 5) is 0. The molecule has 7 heteroatoms. The van der Waals surface area contributed by atoms with Crippen LogP contribution in [0.5, 0.6) is 11.5 Å². The molecular weight excluding hydrogens is 378 g/mol. The van der Waals surface area contributed by atoms with Crippen molar-refractivity contribution in [1.82, 2.24) is 5.32 Å². The minimum Gasteiger partial charge on any atom is -0.497 e. The molecule has 30 heavy (non-hydrogen) atoms. The number of rotatable bonds is 4. The molecule has 7 nitrogen and oxygen atoms in total. The van der Waals surface area contributed by atoms with E-state index in [2.05, 4.69) is 5.32 Å². The summed E-state index contributed by atoms with van der Waals surface area (Å²) in [7, 11) is 3.06. The first-order valence-corrected chi connectivity index (χ1v) is 8.96. The predicted octanol–water partition coefficient (Wildman–Crippen LogP) is 3.46. The van der Waals surface area contributed by atoms with Crippen molar-refractivity contribution in [1.29, 1.82) is 21.0 Å². The molecule has 0 saturated carbocycles. The van der Waals surface area contributed by atoms with Gasteiger partial charge in [-0.2, -0.15) is 21.0 Å². The smallest absolute Gasteiger partial charge is 0.204 e. The second-order valence-corrected chi connectivity index (χ2v) is 6.66. The molecule has 1 unspecified atom stereocenters. The zero-order valence-electron chi connectivity index (χ0n) is 16.4. The Hall–Kier alpha value is -4.46. The Morgan fingerprint density at radius 3 is 1.70 bits per heavy atom. The average Bonchev–Trinajstić information content (AvgIpc) is 2.83. The van der Waals surface area contributed by atoms with E-state index in [-0.39, 0.29) is 5.57 Å². The number of methoxy groups -OCH3 is 2. The lowest BCUT2D eigenvalue weighted by Crippen LogP contribution is -2.51. The van der Waals surface area contributed by atoms with Crippen molar-refractivity contribution in [2.45, 2.75) is 6.04 Å². The molecule has 0 aromatic heterocycles. The molecule has 0 radical (unpaired) electrons. The van der Waals surface area contributed by atoms with Crippen LogP contribution in [0.4, 0.5) is 0 Å². The summed E-state index contributed by atoms with van der Waals surface area (Å²) in [5.74, 6) is 1.21. The molecule has 1 aliphatic rings. The molecule has 1 heterocycles. The van der Waals surface area contributed by atoms with Gasteiger partial charge in [-0.15, -0.1) is 0 Å². The van der Waals surface area contributed by atoms with Gasteiger partial charge in [-0.05, 0) is 35.4 Å². The minimum absolute atomic E-state index is 0.253. The van der Waals surface area contributed by atoms with E-state index in [9.17, 15) is 21.0 Å². The number of hydrogen-bond acceptors (Lipinski definition) is 7. The third-order valence-electron chi connectivity index (χ3n) is 5.36. The normalized spacial score (nSPS) is 18.2. The number of nitriles is 4. The van der Waals surface area contributed by atoms with Crippen molar-refractivity contribution < 1.29 is 9.47 Å². The largest absolute Gasteiger partial charge is 0.497 e. The van der Waals surface area contributed by atoms with Gasteiger partial charge in [0.2, 0.25) is 10.8 Å². The molecule has 0 spiro atoms. The van der Waals surface area contributed by atoms with Crippen molar-refractivity contribution in [2.24, 2.45) is 10.8 Å². The van der Waals surface area contributed by atoms with Gasteiger partial charge in [0.15, 0.2) is 0 Å². The molecule has 1 atom stereocenters. The number of hydrogen-bond donors (Lipinski definition) is 1. The Balaban J connectivity index is 2.24. The molecule has 1 N–H and O–H groups in total. The third kappa shape index (κ3) is 2.78. The van der Waals surface area contributed by atoms with Gasteiger partial charge in [0.1, 0.15) is 11.5 Å². The number of nitrogens with one attached hydrogen (secondary N) is 1. The van der Waals surface area contributed by atoms with Gasteiger partial charge in [-0.1, -0.05) is 24.3 Å². The van der Waals surface area contributed by atoms with Crippen LogP contribution in [0.25, 0.3) is 5.57 Å². The van der Waals surface area contributed by atoms with E-state index in [4.69, 9.17) is 9.47 Å². The van der Waals surface area contributed by atoms with Crippen LogP contribution in [-0.2, 0) is 0 Å². The van der Waals surface area contributed by atoms with Crippen LogP contribution in [-0.4, -0.2) is 14.2 Å². The molecule has 3 rings (SSSR count). The Bertz CT molecular complexity index is 1110. The Morgan fingerprint density at radius 2 is 1.27 bits per heavy atom. The zero-order valence-corrected chi connectivity index (χ0v) is 16.4. The van der Waals surface area contributed by atoms with E-state index in [1.54, 1.807) is 48.5 Å². The molecule has 146 valence electrons. The van der Waals surface area contributed by atoms with Crippen LogP contribution in [0.3, 0.4) is 0 Å². The van der Waals surface area contributed by atoms with Crippen LogP contribution in [0, 0.1) is 56.2 Å². The average molecular weight is 395 g/mol. The van der Waals surface area contributed by atoms with Gasteiger partial charge in [-0.25, -0.2) is 0 Å². The lowest BCUT2D eigenvalue weighted by atomic mass is 9.55.